The Bertz CT molecular complexity index is 819. The van der Waals surface area contributed by atoms with Gasteiger partial charge in [-0.05, 0) is 27.7 Å². The summed E-state index contributed by atoms with van der Waals surface area (Å²) in [6, 6.07) is 5.87. The number of anilines is 1. The van der Waals surface area contributed by atoms with Crippen LogP contribution in [0.1, 0.15) is 47.2 Å². The average molecular weight is 297 g/mol. The first-order valence-electron chi connectivity index (χ1n) is 7.24. The molecule has 0 saturated carbocycles. The molecule has 0 aliphatic carbocycles. The van der Waals surface area contributed by atoms with Crippen molar-refractivity contribution < 1.29 is 9.59 Å². The van der Waals surface area contributed by atoms with Crippen LogP contribution in [0, 0.1) is 6.92 Å². The zero-order valence-corrected chi connectivity index (χ0v) is 13.4. The summed E-state index contributed by atoms with van der Waals surface area (Å²) in [5, 5.41) is 4.96. The molecule has 0 atom stereocenters. The van der Waals surface area contributed by atoms with Gasteiger partial charge < -0.3 is 5.32 Å². The van der Waals surface area contributed by atoms with Gasteiger partial charge >= 0.3 is 0 Å². The van der Waals surface area contributed by atoms with E-state index in [0.717, 1.165) is 21.2 Å². The third-order valence-corrected chi connectivity index (χ3v) is 3.68. The largest absolute Gasteiger partial charge is 0.365 e. The number of pyridine rings is 1. The van der Waals surface area contributed by atoms with Crippen LogP contribution in [0.5, 0.6) is 0 Å². The molecule has 0 saturated heterocycles. The van der Waals surface area contributed by atoms with Crippen molar-refractivity contribution in [2.75, 3.05) is 12.4 Å². The summed E-state index contributed by atoms with van der Waals surface area (Å²) in [4.78, 5) is 30.2. The van der Waals surface area contributed by atoms with Gasteiger partial charge in [-0.3, -0.25) is 14.5 Å². The van der Waals surface area contributed by atoms with E-state index in [2.05, 4.69) is 10.3 Å². The molecule has 0 fully saturated rings. The van der Waals surface area contributed by atoms with E-state index in [1.165, 1.54) is 7.05 Å². The first kappa shape index (κ1) is 14.5. The number of benzene rings is 1. The molecule has 0 bridgehead atoms. The highest BCUT2D eigenvalue weighted by molar-refractivity contribution is 6.26. The van der Waals surface area contributed by atoms with Crippen LogP contribution >= 0.6 is 0 Å². The van der Waals surface area contributed by atoms with E-state index in [0.29, 0.717) is 11.4 Å². The Morgan fingerprint density at radius 2 is 1.77 bits per heavy atom. The van der Waals surface area contributed by atoms with Crippen LogP contribution in [0.15, 0.2) is 18.2 Å². The molecular formula is C17H19N3O2. The van der Waals surface area contributed by atoms with E-state index in [-0.39, 0.29) is 23.0 Å². The fourth-order valence-electron chi connectivity index (χ4n) is 2.67. The number of carbonyl (C=O) groups excluding carboxylic acids is 2. The Hall–Kier alpha value is -2.43. The van der Waals surface area contributed by atoms with Gasteiger partial charge in [0.15, 0.2) is 0 Å². The van der Waals surface area contributed by atoms with Gasteiger partial charge in [0, 0.05) is 23.4 Å². The monoisotopic (exact) mass is 297 g/mol. The second kappa shape index (κ2) is 4.53. The Morgan fingerprint density at radius 3 is 2.41 bits per heavy atom. The molecule has 114 valence electrons. The molecule has 1 aliphatic rings. The maximum atomic E-state index is 12.4. The number of hydrogen-bond acceptors (Lipinski definition) is 4. The number of rotatable bonds is 1. The Morgan fingerprint density at radius 1 is 1.09 bits per heavy atom. The van der Waals surface area contributed by atoms with E-state index < -0.39 is 0 Å². The lowest BCUT2D eigenvalue weighted by Gasteiger charge is -2.23. The number of fused-ring (bicyclic) bond motifs is 3. The highest BCUT2D eigenvalue weighted by Gasteiger charge is 2.37. The van der Waals surface area contributed by atoms with Crippen LogP contribution in [0.2, 0.25) is 0 Å². The minimum absolute atomic E-state index is 0.198. The van der Waals surface area contributed by atoms with Gasteiger partial charge in [0.25, 0.3) is 11.8 Å². The summed E-state index contributed by atoms with van der Waals surface area (Å²) in [6.07, 6.45) is 0. The zero-order chi connectivity index (χ0) is 16.2. The molecule has 0 radical (unpaired) electrons. The third kappa shape index (κ3) is 2.13. The molecular weight excluding hydrogens is 278 g/mol. The summed E-state index contributed by atoms with van der Waals surface area (Å²) in [7, 11) is 1.49. The lowest BCUT2D eigenvalue weighted by molar-refractivity contribution is 0.0692. The van der Waals surface area contributed by atoms with Crippen LogP contribution in [0.4, 0.5) is 5.82 Å². The van der Waals surface area contributed by atoms with E-state index in [1.807, 2.05) is 45.9 Å². The number of carbonyl (C=O) groups is 2. The van der Waals surface area contributed by atoms with Gasteiger partial charge in [-0.15, -0.1) is 0 Å². The first-order valence-corrected chi connectivity index (χ1v) is 7.24. The molecule has 1 N–H and O–H groups in total. The lowest BCUT2D eigenvalue weighted by Crippen LogP contribution is -2.27. The highest BCUT2D eigenvalue weighted by atomic mass is 16.2. The molecule has 5 heteroatoms. The number of amides is 2. The summed E-state index contributed by atoms with van der Waals surface area (Å²) in [5.74, 6) is 0.00322. The Balaban J connectivity index is 2.37. The molecule has 0 unspecified atom stereocenters. The number of nitrogens with zero attached hydrogens (tertiary/aromatic N) is 2. The van der Waals surface area contributed by atoms with Gasteiger partial charge in [0.05, 0.1) is 5.56 Å². The molecule has 2 heterocycles. The van der Waals surface area contributed by atoms with Gasteiger partial charge in [0.1, 0.15) is 11.5 Å². The second-order valence-corrected chi connectivity index (χ2v) is 6.78. The van der Waals surface area contributed by atoms with Gasteiger partial charge in [-0.1, -0.05) is 23.8 Å². The maximum absolute atomic E-state index is 12.4. The molecule has 1 aromatic carbocycles. The minimum Gasteiger partial charge on any atom is -0.365 e. The zero-order valence-electron chi connectivity index (χ0n) is 13.4. The molecule has 1 aromatic heterocycles. The summed E-state index contributed by atoms with van der Waals surface area (Å²) in [5.41, 5.74) is 1.48. The molecule has 0 spiro atoms. The molecule has 2 aromatic rings. The van der Waals surface area contributed by atoms with Gasteiger partial charge in [-0.2, -0.15) is 0 Å². The SMILES string of the molecule is Cc1ccc2c(NC(C)(C)C)nc3c(c2c1)C(=O)N(C)C3=O. The standard InChI is InChI=1S/C17H19N3O2/c1-9-6-7-10-11(8-9)12-13(16(22)20(5)15(12)21)18-14(10)19-17(2,3)4/h6-8H,1-5H3,(H,18,19). The smallest absolute Gasteiger partial charge is 0.280 e. The quantitative estimate of drug-likeness (QED) is 0.822. The molecule has 22 heavy (non-hydrogen) atoms. The summed E-state index contributed by atoms with van der Waals surface area (Å²) >= 11 is 0. The van der Waals surface area contributed by atoms with Crippen molar-refractivity contribution in [1.29, 1.82) is 0 Å². The van der Waals surface area contributed by atoms with Crippen molar-refractivity contribution in [2.24, 2.45) is 0 Å². The average Bonchev–Trinajstić information content (AvgIpc) is 2.62. The van der Waals surface area contributed by atoms with E-state index in [9.17, 15) is 9.59 Å². The van der Waals surface area contributed by atoms with Crippen LogP contribution in [0.25, 0.3) is 10.8 Å². The lowest BCUT2D eigenvalue weighted by atomic mass is 10.0. The number of hydrogen-bond donors (Lipinski definition) is 1. The fraction of sp³-hybridized carbons (Fsp3) is 0.353. The molecule has 1 aliphatic heterocycles. The van der Waals surface area contributed by atoms with E-state index in [4.69, 9.17) is 0 Å². The fourth-order valence-corrected chi connectivity index (χ4v) is 2.67. The Kier molecular flexibility index (Phi) is 2.99. The van der Waals surface area contributed by atoms with Crippen LogP contribution in [0.3, 0.4) is 0 Å². The van der Waals surface area contributed by atoms with Crippen LogP contribution < -0.4 is 5.32 Å². The topological polar surface area (TPSA) is 62.3 Å². The number of aromatic nitrogens is 1. The maximum Gasteiger partial charge on any atom is 0.280 e. The van der Waals surface area contributed by atoms with Crippen LogP contribution in [-0.4, -0.2) is 34.3 Å². The van der Waals surface area contributed by atoms with E-state index in [1.54, 1.807) is 0 Å². The number of imide groups is 1. The van der Waals surface area contributed by atoms with Crippen molar-refractivity contribution in [3.05, 3.63) is 35.0 Å². The molecule has 5 nitrogen and oxygen atoms in total. The number of nitrogens with one attached hydrogen (secondary N) is 1. The highest BCUT2D eigenvalue weighted by Crippen LogP contribution is 2.33. The van der Waals surface area contributed by atoms with Crippen molar-refractivity contribution in [3.8, 4) is 0 Å². The normalized spacial score (nSPS) is 14.7. The van der Waals surface area contributed by atoms with Gasteiger partial charge in [-0.25, -0.2) is 4.98 Å². The van der Waals surface area contributed by atoms with Crippen molar-refractivity contribution in [2.45, 2.75) is 33.2 Å². The predicted octanol–water partition coefficient (Wildman–Crippen LogP) is 2.98. The minimum atomic E-state index is -0.347. The Labute approximate surface area is 129 Å². The first-order chi connectivity index (χ1) is 10.2. The molecule has 2 amide bonds. The predicted molar refractivity (Wildman–Crippen MR) is 86.3 cm³/mol. The third-order valence-electron chi connectivity index (χ3n) is 3.68. The summed E-state index contributed by atoms with van der Waals surface area (Å²) in [6.45, 7) is 8.05. The second-order valence-electron chi connectivity index (χ2n) is 6.78. The summed E-state index contributed by atoms with van der Waals surface area (Å²) < 4.78 is 0. The van der Waals surface area contributed by atoms with E-state index >= 15 is 0 Å². The van der Waals surface area contributed by atoms with Crippen molar-refractivity contribution in [3.63, 3.8) is 0 Å². The number of aryl methyl sites for hydroxylation is 1. The van der Waals surface area contributed by atoms with Crippen molar-refractivity contribution >= 4 is 28.4 Å². The van der Waals surface area contributed by atoms with Crippen LogP contribution in [-0.2, 0) is 0 Å². The van der Waals surface area contributed by atoms with Gasteiger partial charge in [0.2, 0.25) is 0 Å². The van der Waals surface area contributed by atoms with Crippen molar-refractivity contribution in [1.82, 2.24) is 9.88 Å². The molecule has 3 rings (SSSR count).